The van der Waals surface area contributed by atoms with Crippen LogP contribution in [0, 0.1) is 11.7 Å². The fraction of sp³-hybridized carbons (Fsp3) is 0.462. The number of rotatable bonds is 3. The standard InChI is InChI=1S/C13H17FN2O2/c1-2-11-8(6-7-18-11)13(17)16-12-9(14)4-3-5-10(12)15/h3-5,8,11H,2,6-7,15H2,1H3,(H,16,17). The van der Waals surface area contributed by atoms with Crippen LogP contribution in [0.3, 0.4) is 0 Å². The topological polar surface area (TPSA) is 64.3 Å². The van der Waals surface area contributed by atoms with Crippen LogP contribution in [0.1, 0.15) is 19.8 Å². The quantitative estimate of drug-likeness (QED) is 0.810. The van der Waals surface area contributed by atoms with Crippen molar-refractivity contribution in [3.8, 4) is 0 Å². The molecule has 2 atom stereocenters. The summed E-state index contributed by atoms with van der Waals surface area (Å²) in [5.41, 5.74) is 5.94. The lowest BCUT2D eigenvalue weighted by Crippen LogP contribution is -2.29. The van der Waals surface area contributed by atoms with Crippen LogP contribution in [-0.4, -0.2) is 18.6 Å². The fourth-order valence-corrected chi connectivity index (χ4v) is 2.24. The molecule has 2 rings (SSSR count). The van der Waals surface area contributed by atoms with Gasteiger partial charge in [-0.05, 0) is 25.0 Å². The van der Waals surface area contributed by atoms with Gasteiger partial charge >= 0.3 is 0 Å². The first-order valence-corrected chi connectivity index (χ1v) is 6.10. The number of nitrogens with two attached hydrogens (primary N) is 1. The van der Waals surface area contributed by atoms with Gasteiger partial charge in [0.05, 0.1) is 17.7 Å². The summed E-state index contributed by atoms with van der Waals surface area (Å²) in [6.45, 7) is 2.54. The Morgan fingerprint density at radius 3 is 3.06 bits per heavy atom. The molecule has 5 heteroatoms. The van der Waals surface area contributed by atoms with Crippen LogP contribution in [0.5, 0.6) is 0 Å². The van der Waals surface area contributed by atoms with E-state index in [0.717, 1.165) is 6.42 Å². The SMILES string of the molecule is CCC1OCCC1C(=O)Nc1c(N)cccc1F. The van der Waals surface area contributed by atoms with Gasteiger partial charge in [-0.25, -0.2) is 4.39 Å². The summed E-state index contributed by atoms with van der Waals surface area (Å²) in [7, 11) is 0. The highest BCUT2D eigenvalue weighted by molar-refractivity contribution is 5.95. The van der Waals surface area contributed by atoms with E-state index in [4.69, 9.17) is 10.5 Å². The molecule has 0 saturated carbocycles. The Kier molecular flexibility index (Phi) is 3.81. The molecule has 0 radical (unpaired) electrons. The van der Waals surface area contributed by atoms with Crippen molar-refractivity contribution >= 4 is 17.3 Å². The normalized spacial score (nSPS) is 23.0. The van der Waals surface area contributed by atoms with E-state index in [2.05, 4.69) is 5.32 Å². The summed E-state index contributed by atoms with van der Waals surface area (Å²) >= 11 is 0. The number of para-hydroxylation sites is 1. The number of halogens is 1. The molecule has 1 aromatic carbocycles. The molecule has 1 aromatic rings. The van der Waals surface area contributed by atoms with Crippen LogP contribution in [0.15, 0.2) is 18.2 Å². The van der Waals surface area contributed by atoms with Crippen LogP contribution in [0.2, 0.25) is 0 Å². The molecule has 1 saturated heterocycles. The zero-order valence-electron chi connectivity index (χ0n) is 10.3. The van der Waals surface area contributed by atoms with Gasteiger partial charge in [0.15, 0.2) is 0 Å². The third kappa shape index (κ3) is 2.46. The van der Waals surface area contributed by atoms with Gasteiger partial charge in [-0.3, -0.25) is 4.79 Å². The Hall–Kier alpha value is -1.62. The van der Waals surface area contributed by atoms with Crippen LogP contribution in [0.25, 0.3) is 0 Å². The molecular weight excluding hydrogens is 235 g/mol. The third-order valence-corrected chi connectivity index (χ3v) is 3.24. The van der Waals surface area contributed by atoms with E-state index in [1.165, 1.54) is 12.1 Å². The van der Waals surface area contributed by atoms with Crippen molar-refractivity contribution in [1.82, 2.24) is 0 Å². The van der Waals surface area contributed by atoms with E-state index in [9.17, 15) is 9.18 Å². The molecule has 0 bridgehead atoms. The van der Waals surface area contributed by atoms with Crippen LogP contribution >= 0.6 is 0 Å². The molecule has 0 aromatic heterocycles. The number of carbonyl (C=O) groups is 1. The maximum Gasteiger partial charge on any atom is 0.230 e. The van der Waals surface area contributed by atoms with Crippen LogP contribution in [0.4, 0.5) is 15.8 Å². The predicted molar refractivity (Wildman–Crippen MR) is 67.6 cm³/mol. The second kappa shape index (κ2) is 5.35. The van der Waals surface area contributed by atoms with E-state index in [1.54, 1.807) is 6.07 Å². The number of amides is 1. The molecule has 0 aliphatic carbocycles. The minimum absolute atomic E-state index is 0.0595. The van der Waals surface area contributed by atoms with Crippen LogP contribution in [-0.2, 0) is 9.53 Å². The van der Waals surface area contributed by atoms with Gasteiger partial charge in [0.2, 0.25) is 5.91 Å². The maximum absolute atomic E-state index is 13.6. The Morgan fingerprint density at radius 1 is 1.61 bits per heavy atom. The molecule has 18 heavy (non-hydrogen) atoms. The fourth-order valence-electron chi connectivity index (χ4n) is 2.24. The van der Waals surface area contributed by atoms with Gasteiger partial charge in [-0.2, -0.15) is 0 Å². The molecule has 1 amide bonds. The molecule has 98 valence electrons. The zero-order valence-corrected chi connectivity index (χ0v) is 10.3. The van der Waals surface area contributed by atoms with Gasteiger partial charge in [-0.1, -0.05) is 13.0 Å². The number of hydrogen-bond acceptors (Lipinski definition) is 3. The molecule has 3 N–H and O–H groups in total. The second-order valence-corrected chi connectivity index (χ2v) is 4.41. The number of ether oxygens (including phenoxy) is 1. The van der Waals surface area contributed by atoms with Crippen molar-refractivity contribution in [2.24, 2.45) is 5.92 Å². The molecule has 1 aliphatic rings. The number of carbonyl (C=O) groups excluding carboxylic acids is 1. The Bertz CT molecular complexity index is 430. The summed E-state index contributed by atoms with van der Waals surface area (Å²) < 4.78 is 19.0. The Morgan fingerprint density at radius 2 is 2.39 bits per heavy atom. The number of benzene rings is 1. The third-order valence-electron chi connectivity index (χ3n) is 3.24. The molecule has 4 nitrogen and oxygen atoms in total. The molecular formula is C13H17FN2O2. The first-order chi connectivity index (χ1) is 8.63. The summed E-state index contributed by atoms with van der Waals surface area (Å²) in [6, 6.07) is 4.34. The number of anilines is 2. The minimum atomic E-state index is -0.518. The van der Waals surface area contributed by atoms with E-state index >= 15 is 0 Å². The average molecular weight is 252 g/mol. The monoisotopic (exact) mass is 252 g/mol. The first-order valence-electron chi connectivity index (χ1n) is 6.10. The maximum atomic E-state index is 13.6. The van der Waals surface area contributed by atoms with Gasteiger partial charge in [0.25, 0.3) is 0 Å². The van der Waals surface area contributed by atoms with E-state index in [1.807, 2.05) is 6.92 Å². The summed E-state index contributed by atoms with van der Waals surface area (Å²) in [4.78, 5) is 12.1. The van der Waals surface area contributed by atoms with Crippen molar-refractivity contribution in [3.63, 3.8) is 0 Å². The average Bonchev–Trinajstić information content (AvgIpc) is 2.82. The van der Waals surface area contributed by atoms with Crippen molar-refractivity contribution in [2.75, 3.05) is 17.7 Å². The second-order valence-electron chi connectivity index (χ2n) is 4.41. The Labute approximate surface area is 105 Å². The Balaban J connectivity index is 2.12. The van der Waals surface area contributed by atoms with E-state index < -0.39 is 5.82 Å². The predicted octanol–water partition coefficient (Wildman–Crippen LogP) is 2.16. The highest BCUT2D eigenvalue weighted by Crippen LogP contribution is 2.27. The van der Waals surface area contributed by atoms with Crippen molar-refractivity contribution in [1.29, 1.82) is 0 Å². The lowest BCUT2D eigenvalue weighted by molar-refractivity contribution is -0.121. The first kappa shape index (κ1) is 12.8. The molecule has 2 unspecified atom stereocenters. The highest BCUT2D eigenvalue weighted by atomic mass is 19.1. The van der Waals surface area contributed by atoms with Gasteiger partial charge < -0.3 is 15.8 Å². The number of nitrogens with one attached hydrogen (secondary N) is 1. The summed E-state index contributed by atoms with van der Waals surface area (Å²) in [5, 5.41) is 2.57. The van der Waals surface area contributed by atoms with Crippen molar-refractivity contribution in [3.05, 3.63) is 24.0 Å². The van der Waals surface area contributed by atoms with E-state index in [-0.39, 0.29) is 29.3 Å². The largest absolute Gasteiger partial charge is 0.397 e. The van der Waals surface area contributed by atoms with Gasteiger partial charge in [-0.15, -0.1) is 0 Å². The highest BCUT2D eigenvalue weighted by Gasteiger charge is 2.33. The van der Waals surface area contributed by atoms with Gasteiger partial charge in [0, 0.05) is 6.61 Å². The lowest BCUT2D eigenvalue weighted by atomic mass is 9.98. The number of nitrogen functional groups attached to an aromatic ring is 1. The molecule has 0 spiro atoms. The van der Waals surface area contributed by atoms with Gasteiger partial charge in [0.1, 0.15) is 11.5 Å². The summed E-state index contributed by atoms with van der Waals surface area (Å²) in [5.74, 6) is -0.972. The van der Waals surface area contributed by atoms with Crippen LogP contribution < -0.4 is 11.1 Å². The van der Waals surface area contributed by atoms with E-state index in [0.29, 0.717) is 13.0 Å². The summed E-state index contributed by atoms with van der Waals surface area (Å²) in [6.07, 6.45) is 1.35. The molecule has 1 heterocycles. The molecule has 1 aliphatic heterocycles. The minimum Gasteiger partial charge on any atom is -0.397 e. The van der Waals surface area contributed by atoms with Crippen molar-refractivity contribution in [2.45, 2.75) is 25.9 Å². The molecule has 1 fully saturated rings. The smallest absolute Gasteiger partial charge is 0.230 e. The zero-order chi connectivity index (χ0) is 13.1. The van der Waals surface area contributed by atoms with Crippen molar-refractivity contribution < 1.29 is 13.9 Å². The number of hydrogen-bond donors (Lipinski definition) is 2. The lowest BCUT2D eigenvalue weighted by Gasteiger charge is -2.17.